The highest BCUT2D eigenvalue weighted by molar-refractivity contribution is 5.79. The summed E-state index contributed by atoms with van der Waals surface area (Å²) in [6, 6.07) is 0. The van der Waals surface area contributed by atoms with Crippen molar-refractivity contribution in [3.8, 4) is 0 Å². The fourth-order valence-electron chi connectivity index (χ4n) is 3.43. The Morgan fingerprint density at radius 2 is 2.05 bits per heavy atom. The highest BCUT2D eigenvalue weighted by atomic mass is 16.5. The molecule has 1 aliphatic carbocycles. The Morgan fingerprint density at radius 3 is 2.77 bits per heavy atom. The molecule has 0 aromatic carbocycles. The van der Waals surface area contributed by atoms with E-state index in [4.69, 9.17) is 4.74 Å². The number of nitrogens with zero attached hydrogens (tertiary/aromatic N) is 1. The Morgan fingerprint density at radius 1 is 1.23 bits per heavy atom. The summed E-state index contributed by atoms with van der Waals surface area (Å²) in [5.41, 5.74) is 1.51. The summed E-state index contributed by atoms with van der Waals surface area (Å²) in [6.07, 6.45) is 14.3. The number of aliphatic imine (C=N–C) groups is 1. The van der Waals surface area contributed by atoms with Crippen molar-refractivity contribution in [3.05, 3.63) is 11.6 Å². The van der Waals surface area contributed by atoms with Crippen LogP contribution in [0, 0.1) is 5.92 Å². The van der Waals surface area contributed by atoms with Gasteiger partial charge >= 0.3 is 0 Å². The normalized spacial score (nSPS) is 20.6. The van der Waals surface area contributed by atoms with E-state index in [9.17, 15) is 0 Å². The molecule has 0 aromatic rings. The van der Waals surface area contributed by atoms with Gasteiger partial charge in [-0.1, -0.05) is 43.8 Å². The lowest BCUT2D eigenvalue weighted by Crippen LogP contribution is -2.38. The highest BCUT2D eigenvalue weighted by Gasteiger charge is 2.12. The van der Waals surface area contributed by atoms with Gasteiger partial charge in [0.25, 0.3) is 0 Å². The van der Waals surface area contributed by atoms with Crippen LogP contribution in [-0.2, 0) is 4.74 Å². The Bertz CT molecular complexity index is 359. The third kappa shape index (κ3) is 6.82. The summed E-state index contributed by atoms with van der Waals surface area (Å²) in [5, 5.41) is 6.85. The predicted molar refractivity (Wildman–Crippen MR) is 93.3 cm³/mol. The third-order valence-corrected chi connectivity index (χ3v) is 4.83. The van der Waals surface area contributed by atoms with Crippen LogP contribution in [0.2, 0.25) is 0 Å². The summed E-state index contributed by atoms with van der Waals surface area (Å²) in [7, 11) is 1.85. The molecule has 22 heavy (non-hydrogen) atoms. The second-order valence-corrected chi connectivity index (χ2v) is 6.51. The summed E-state index contributed by atoms with van der Waals surface area (Å²) >= 11 is 0. The minimum atomic E-state index is 0.781. The quantitative estimate of drug-likeness (QED) is 0.328. The first-order chi connectivity index (χ1) is 10.9. The van der Waals surface area contributed by atoms with Gasteiger partial charge in [0, 0.05) is 20.1 Å². The van der Waals surface area contributed by atoms with Gasteiger partial charge in [-0.2, -0.15) is 0 Å². The molecule has 4 heteroatoms. The molecule has 0 aromatic heterocycles. The molecule has 0 bridgehead atoms. The lowest BCUT2D eigenvalue weighted by Gasteiger charge is -2.21. The van der Waals surface area contributed by atoms with Gasteiger partial charge in [-0.3, -0.25) is 4.99 Å². The number of nitrogens with one attached hydrogen (secondary N) is 2. The fraction of sp³-hybridized carbons (Fsp3) is 0.833. The number of rotatable bonds is 7. The monoisotopic (exact) mass is 307 g/mol. The maximum Gasteiger partial charge on any atom is 0.190 e. The Balaban J connectivity index is 1.52. The molecule has 0 radical (unpaired) electrons. The number of hydrogen-bond acceptors (Lipinski definition) is 2. The number of hydrogen-bond donors (Lipinski definition) is 2. The minimum Gasteiger partial charge on any atom is -0.377 e. The zero-order valence-electron chi connectivity index (χ0n) is 14.2. The van der Waals surface area contributed by atoms with Crippen molar-refractivity contribution in [2.24, 2.45) is 10.9 Å². The number of ether oxygens (including phenoxy) is 1. The lowest BCUT2D eigenvalue weighted by molar-refractivity contribution is 0.153. The van der Waals surface area contributed by atoms with Crippen LogP contribution in [0.15, 0.2) is 16.6 Å². The molecule has 1 saturated carbocycles. The topological polar surface area (TPSA) is 45.7 Å². The standard InChI is InChI=1S/C18H33N3O/c1-19-18(21-13-9-17-10-14-22-15-11-17)20-12-5-8-16-6-3-2-4-7-16/h10,16H,2-9,11-15H2,1H3,(H2,19,20,21). The molecule has 2 N–H and O–H groups in total. The van der Waals surface area contributed by atoms with Gasteiger partial charge < -0.3 is 15.4 Å². The van der Waals surface area contributed by atoms with Crippen LogP contribution in [0.1, 0.15) is 57.8 Å². The maximum absolute atomic E-state index is 5.33. The van der Waals surface area contributed by atoms with Gasteiger partial charge in [-0.05, 0) is 31.6 Å². The second kappa shape index (κ2) is 10.7. The van der Waals surface area contributed by atoms with Crippen molar-refractivity contribution in [1.29, 1.82) is 0 Å². The molecule has 2 aliphatic rings. The fourth-order valence-corrected chi connectivity index (χ4v) is 3.43. The molecule has 0 atom stereocenters. The highest BCUT2D eigenvalue weighted by Crippen LogP contribution is 2.26. The molecule has 0 saturated heterocycles. The van der Waals surface area contributed by atoms with E-state index in [1.807, 2.05) is 7.05 Å². The van der Waals surface area contributed by atoms with Crippen LogP contribution >= 0.6 is 0 Å². The van der Waals surface area contributed by atoms with Crippen LogP contribution in [0.25, 0.3) is 0 Å². The SMILES string of the molecule is CN=C(NCCCC1CCCCC1)NCCC1=CCOCC1. The summed E-state index contributed by atoms with van der Waals surface area (Å²) in [5.74, 6) is 1.92. The predicted octanol–water partition coefficient (Wildman–Crippen LogP) is 3.25. The smallest absolute Gasteiger partial charge is 0.190 e. The van der Waals surface area contributed by atoms with Gasteiger partial charge in [0.05, 0.1) is 13.2 Å². The van der Waals surface area contributed by atoms with E-state index in [1.54, 1.807) is 0 Å². The van der Waals surface area contributed by atoms with Gasteiger partial charge in [0.1, 0.15) is 0 Å². The number of guanidine groups is 1. The Labute approximate surface area is 135 Å². The molecule has 0 spiro atoms. The average molecular weight is 307 g/mol. The minimum absolute atomic E-state index is 0.781. The van der Waals surface area contributed by atoms with E-state index in [-0.39, 0.29) is 0 Å². The zero-order chi connectivity index (χ0) is 15.5. The van der Waals surface area contributed by atoms with Crippen molar-refractivity contribution < 1.29 is 4.74 Å². The molecule has 0 unspecified atom stereocenters. The first kappa shape index (κ1) is 17.3. The molecule has 1 aliphatic heterocycles. The van der Waals surface area contributed by atoms with Crippen LogP contribution in [-0.4, -0.2) is 39.3 Å². The molecule has 2 rings (SSSR count). The summed E-state index contributed by atoms with van der Waals surface area (Å²) in [6.45, 7) is 3.64. The van der Waals surface area contributed by atoms with Crippen molar-refractivity contribution in [2.75, 3.05) is 33.4 Å². The van der Waals surface area contributed by atoms with Gasteiger partial charge in [0.15, 0.2) is 5.96 Å². The molecule has 4 nitrogen and oxygen atoms in total. The van der Waals surface area contributed by atoms with Crippen LogP contribution in [0.5, 0.6) is 0 Å². The van der Waals surface area contributed by atoms with Crippen molar-refractivity contribution in [2.45, 2.75) is 57.8 Å². The third-order valence-electron chi connectivity index (χ3n) is 4.83. The van der Waals surface area contributed by atoms with Crippen LogP contribution < -0.4 is 10.6 Å². The summed E-state index contributed by atoms with van der Waals surface area (Å²) < 4.78 is 5.33. The van der Waals surface area contributed by atoms with Gasteiger partial charge in [-0.25, -0.2) is 0 Å². The largest absolute Gasteiger partial charge is 0.377 e. The Kier molecular flexibility index (Phi) is 8.39. The van der Waals surface area contributed by atoms with E-state index in [0.29, 0.717) is 0 Å². The van der Waals surface area contributed by atoms with E-state index in [0.717, 1.165) is 51.0 Å². The van der Waals surface area contributed by atoms with Gasteiger partial charge in [0.2, 0.25) is 0 Å². The van der Waals surface area contributed by atoms with E-state index in [2.05, 4.69) is 21.7 Å². The zero-order valence-corrected chi connectivity index (χ0v) is 14.2. The molecular weight excluding hydrogens is 274 g/mol. The first-order valence-electron chi connectivity index (χ1n) is 9.08. The molecular formula is C18H33N3O. The second-order valence-electron chi connectivity index (χ2n) is 6.51. The van der Waals surface area contributed by atoms with Gasteiger partial charge in [-0.15, -0.1) is 0 Å². The molecule has 0 amide bonds. The Hall–Kier alpha value is -1.03. The van der Waals surface area contributed by atoms with E-state index < -0.39 is 0 Å². The van der Waals surface area contributed by atoms with Crippen LogP contribution in [0.4, 0.5) is 0 Å². The van der Waals surface area contributed by atoms with E-state index >= 15 is 0 Å². The molecule has 1 heterocycles. The summed E-state index contributed by atoms with van der Waals surface area (Å²) in [4.78, 5) is 4.31. The van der Waals surface area contributed by atoms with Crippen LogP contribution in [0.3, 0.4) is 0 Å². The molecule has 126 valence electrons. The maximum atomic E-state index is 5.33. The van der Waals surface area contributed by atoms with Crippen molar-refractivity contribution in [1.82, 2.24) is 10.6 Å². The molecule has 1 fully saturated rings. The van der Waals surface area contributed by atoms with E-state index in [1.165, 1.54) is 50.5 Å². The lowest BCUT2D eigenvalue weighted by atomic mass is 9.86. The van der Waals surface area contributed by atoms with Crippen molar-refractivity contribution >= 4 is 5.96 Å². The first-order valence-corrected chi connectivity index (χ1v) is 9.08. The van der Waals surface area contributed by atoms with Crippen molar-refractivity contribution in [3.63, 3.8) is 0 Å². The average Bonchev–Trinajstić information content (AvgIpc) is 2.59.